The number of hydrogen-bond acceptors (Lipinski definition) is 5. The van der Waals surface area contributed by atoms with Gasteiger partial charge in [0, 0.05) is 5.02 Å². The zero-order valence-electron chi connectivity index (χ0n) is 15.2. The third-order valence-corrected chi connectivity index (χ3v) is 4.17. The number of nitrogens with zero attached hydrogens (tertiary/aromatic N) is 1. The molecule has 1 unspecified atom stereocenters. The summed E-state index contributed by atoms with van der Waals surface area (Å²) in [4.78, 5) is 24.0. The number of nitrogens with one attached hydrogen (secondary N) is 1. The van der Waals surface area contributed by atoms with Gasteiger partial charge in [0.25, 0.3) is 5.91 Å². The van der Waals surface area contributed by atoms with Crippen molar-refractivity contribution in [3.05, 3.63) is 101 Å². The van der Waals surface area contributed by atoms with Gasteiger partial charge in [-0.1, -0.05) is 41.9 Å². The fourth-order valence-electron chi connectivity index (χ4n) is 2.39. The lowest BCUT2D eigenvalue weighted by Crippen LogP contribution is -2.25. The Morgan fingerprint density at radius 3 is 2.28 bits per heavy atom. The molecule has 1 atom stereocenters. The van der Waals surface area contributed by atoms with Crippen molar-refractivity contribution in [1.29, 1.82) is 0 Å². The molecule has 0 aliphatic carbocycles. The lowest BCUT2D eigenvalue weighted by molar-refractivity contribution is -0.129. The van der Waals surface area contributed by atoms with E-state index in [1.165, 1.54) is 6.21 Å². The summed E-state index contributed by atoms with van der Waals surface area (Å²) < 4.78 is 5.29. The maximum atomic E-state index is 12.1. The Morgan fingerprint density at radius 2 is 1.62 bits per heavy atom. The van der Waals surface area contributed by atoms with Gasteiger partial charge in [-0.2, -0.15) is 5.10 Å². The molecule has 0 spiro atoms. The van der Waals surface area contributed by atoms with Crippen LogP contribution in [-0.2, 0) is 4.79 Å². The summed E-state index contributed by atoms with van der Waals surface area (Å²) in [6.07, 6.45) is 0.114. The van der Waals surface area contributed by atoms with Crippen molar-refractivity contribution in [1.82, 2.24) is 5.43 Å². The van der Waals surface area contributed by atoms with Crippen molar-refractivity contribution >= 4 is 29.7 Å². The molecule has 0 aromatic heterocycles. The molecule has 0 saturated carbocycles. The molecular formula is C22H17ClN2O4. The summed E-state index contributed by atoms with van der Waals surface area (Å²) in [5.74, 6) is -0.767. The molecule has 7 heteroatoms. The van der Waals surface area contributed by atoms with Crippen LogP contribution in [0.2, 0.25) is 5.02 Å². The van der Waals surface area contributed by atoms with Gasteiger partial charge in [0.05, 0.1) is 11.8 Å². The van der Waals surface area contributed by atoms with E-state index in [9.17, 15) is 14.7 Å². The van der Waals surface area contributed by atoms with E-state index in [2.05, 4.69) is 10.5 Å². The Balaban J connectivity index is 1.54. The van der Waals surface area contributed by atoms with Crippen molar-refractivity contribution < 1.29 is 19.4 Å². The lowest BCUT2D eigenvalue weighted by Gasteiger charge is -2.08. The fraction of sp³-hybridized carbons (Fsp3) is 0.0455. The minimum Gasteiger partial charge on any atom is -0.423 e. The highest BCUT2D eigenvalue weighted by Crippen LogP contribution is 2.15. The second kappa shape index (κ2) is 9.64. The molecule has 0 radical (unpaired) electrons. The van der Waals surface area contributed by atoms with Crippen LogP contribution in [0.25, 0.3) is 0 Å². The van der Waals surface area contributed by atoms with Crippen molar-refractivity contribution in [2.45, 2.75) is 6.10 Å². The number of amides is 1. The maximum Gasteiger partial charge on any atom is 0.343 e. The van der Waals surface area contributed by atoms with Gasteiger partial charge in [-0.25, -0.2) is 10.2 Å². The zero-order chi connectivity index (χ0) is 20.6. The summed E-state index contributed by atoms with van der Waals surface area (Å²) >= 11 is 5.80. The van der Waals surface area contributed by atoms with Gasteiger partial charge in [0.15, 0.2) is 6.10 Å². The number of carbonyl (C=O) groups excluding carboxylic acids is 2. The topological polar surface area (TPSA) is 88.0 Å². The van der Waals surface area contributed by atoms with Gasteiger partial charge in [-0.05, 0) is 59.7 Å². The molecule has 3 aromatic rings. The summed E-state index contributed by atoms with van der Waals surface area (Å²) in [6.45, 7) is 0. The van der Waals surface area contributed by atoms with Crippen LogP contribution in [0.4, 0.5) is 0 Å². The van der Waals surface area contributed by atoms with E-state index in [1.807, 2.05) is 0 Å². The van der Waals surface area contributed by atoms with Crippen LogP contribution in [-0.4, -0.2) is 23.2 Å². The molecule has 2 N–H and O–H groups in total. The molecule has 0 bridgehead atoms. The van der Waals surface area contributed by atoms with Gasteiger partial charge < -0.3 is 9.84 Å². The molecule has 29 heavy (non-hydrogen) atoms. The first-order valence-electron chi connectivity index (χ1n) is 8.66. The summed E-state index contributed by atoms with van der Waals surface area (Å²) in [6, 6.07) is 21.5. The standard InChI is InChI=1S/C22H17ClN2O4/c23-18-10-8-17(9-11-18)22(28)29-19-12-6-15(7-13-19)14-24-25-21(27)20(26)16-4-2-1-3-5-16/h1-14,20,26H,(H,25,27)/b24-14+. The number of ether oxygens (including phenoxy) is 1. The van der Waals surface area contributed by atoms with Crippen molar-refractivity contribution in [2.75, 3.05) is 0 Å². The number of halogens is 1. The van der Waals surface area contributed by atoms with E-state index in [0.717, 1.165) is 0 Å². The summed E-state index contributed by atoms with van der Waals surface area (Å²) in [7, 11) is 0. The maximum absolute atomic E-state index is 12.1. The van der Waals surface area contributed by atoms with E-state index in [0.29, 0.717) is 27.5 Å². The molecule has 146 valence electrons. The molecule has 0 heterocycles. The van der Waals surface area contributed by atoms with E-state index in [4.69, 9.17) is 16.3 Å². The molecule has 3 rings (SSSR count). The van der Waals surface area contributed by atoms with Crippen LogP contribution in [0, 0.1) is 0 Å². The van der Waals surface area contributed by atoms with Crippen LogP contribution in [0.1, 0.15) is 27.6 Å². The van der Waals surface area contributed by atoms with E-state index in [1.54, 1.807) is 78.9 Å². The molecule has 0 aliphatic heterocycles. The predicted octanol–water partition coefficient (Wildman–Crippen LogP) is 3.74. The number of aliphatic hydroxyl groups is 1. The summed E-state index contributed by atoms with van der Waals surface area (Å²) in [5, 5.41) is 14.3. The highest BCUT2D eigenvalue weighted by atomic mass is 35.5. The first-order valence-corrected chi connectivity index (χ1v) is 9.04. The Kier molecular flexibility index (Phi) is 6.73. The van der Waals surface area contributed by atoms with Gasteiger partial charge >= 0.3 is 5.97 Å². The van der Waals surface area contributed by atoms with E-state index >= 15 is 0 Å². The monoisotopic (exact) mass is 408 g/mol. The van der Waals surface area contributed by atoms with Crippen LogP contribution in [0.5, 0.6) is 5.75 Å². The minimum absolute atomic E-state index is 0.366. The lowest BCUT2D eigenvalue weighted by atomic mass is 10.1. The molecule has 6 nitrogen and oxygen atoms in total. The Morgan fingerprint density at radius 1 is 0.966 bits per heavy atom. The Bertz CT molecular complexity index is 1000. The molecule has 0 fully saturated rings. The number of rotatable bonds is 6. The van der Waals surface area contributed by atoms with Crippen LogP contribution < -0.4 is 10.2 Å². The first-order chi connectivity index (χ1) is 14.0. The Hall–Kier alpha value is -3.48. The predicted molar refractivity (Wildman–Crippen MR) is 110 cm³/mol. The SMILES string of the molecule is O=C(Oc1ccc(/C=N/NC(=O)C(O)c2ccccc2)cc1)c1ccc(Cl)cc1. The minimum atomic E-state index is -1.30. The third-order valence-electron chi connectivity index (χ3n) is 3.92. The number of hydrazone groups is 1. The molecule has 0 aliphatic rings. The molecule has 3 aromatic carbocycles. The third kappa shape index (κ3) is 5.75. The van der Waals surface area contributed by atoms with Crippen LogP contribution >= 0.6 is 11.6 Å². The molecular weight excluding hydrogens is 392 g/mol. The van der Waals surface area contributed by atoms with E-state index < -0.39 is 18.0 Å². The van der Waals surface area contributed by atoms with Gasteiger partial charge in [-0.3, -0.25) is 4.79 Å². The average molecular weight is 409 g/mol. The first kappa shape index (κ1) is 20.3. The van der Waals surface area contributed by atoms with Crippen molar-refractivity contribution in [3.63, 3.8) is 0 Å². The van der Waals surface area contributed by atoms with Crippen molar-refractivity contribution in [2.24, 2.45) is 5.10 Å². The fourth-order valence-corrected chi connectivity index (χ4v) is 2.52. The molecule has 1 amide bonds. The largest absolute Gasteiger partial charge is 0.423 e. The van der Waals surface area contributed by atoms with Gasteiger partial charge in [0.2, 0.25) is 0 Å². The normalized spacial score (nSPS) is 11.8. The quantitative estimate of drug-likeness (QED) is 0.281. The van der Waals surface area contributed by atoms with Crippen LogP contribution in [0.3, 0.4) is 0 Å². The number of benzene rings is 3. The zero-order valence-corrected chi connectivity index (χ0v) is 15.9. The van der Waals surface area contributed by atoms with Crippen molar-refractivity contribution in [3.8, 4) is 5.75 Å². The molecule has 0 saturated heterocycles. The van der Waals surface area contributed by atoms with Gasteiger partial charge in [0.1, 0.15) is 5.75 Å². The summed E-state index contributed by atoms with van der Waals surface area (Å²) in [5.41, 5.74) is 3.83. The van der Waals surface area contributed by atoms with Crippen LogP contribution in [0.15, 0.2) is 84.0 Å². The smallest absolute Gasteiger partial charge is 0.343 e. The number of carbonyl (C=O) groups is 2. The second-order valence-corrected chi connectivity index (χ2v) is 6.45. The van der Waals surface area contributed by atoms with E-state index in [-0.39, 0.29) is 0 Å². The highest BCUT2D eigenvalue weighted by molar-refractivity contribution is 6.30. The number of esters is 1. The highest BCUT2D eigenvalue weighted by Gasteiger charge is 2.15. The Labute approximate surface area is 172 Å². The number of hydrogen-bond donors (Lipinski definition) is 2. The number of aliphatic hydroxyl groups excluding tert-OH is 1. The second-order valence-electron chi connectivity index (χ2n) is 6.01. The average Bonchev–Trinajstić information content (AvgIpc) is 2.75. The van der Waals surface area contributed by atoms with Gasteiger partial charge in [-0.15, -0.1) is 0 Å².